The molecule has 0 atom stereocenters. The van der Waals surface area contributed by atoms with Crippen LogP contribution in [0.5, 0.6) is 0 Å². The van der Waals surface area contributed by atoms with Crippen LogP contribution in [-0.4, -0.2) is 35.5 Å². The van der Waals surface area contributed by atoms with Gasteiger partial charge in [-0.2, -0.15) is 15.3 Å². The first-order chi connectivity index (χ1) is 14.0. The highest BCUT2D eigenvalue weighted by atomic mass is 16.2. The first-order valence-corrected chi connectivity index (χ1v) is 10.1. The first-order valence-electron chi connectivity index (χ1n) is 10.1. The van der Waals surface area contributed by atoms with E-state index in [4.69, 9.17) is 0 Å². The molecule has 1 amide bonds. The van der Waals surface area contributed by atoms with Crippen LogP contribution in [0.2, 0.25) is 0 Å². The van der Waals surface area contributed by atoms with Crippen LogP contribution in [0.1, 0.15) is 74.5 Å². The number of fused-ring (bicyclic) bond motifs is 1. The molecule has 0 bridgehead atoms. The second-order valence-electron chi connectivity index (χ2n) is 8.28. The summed E-state index contributed by atoms with van der Waals surface area (Å²) in [5.41, 5.74) is 2.03. The summed E-state index contributed by atoms with van der Waals surface area (Å²) in [6.45, 7) is 3.79. The minimum absolute atomic E-state index is 0.0557. The molecule has 2 saturated carbocycles. The fourth-order valence-electron chi connectivity index (χ4n) is 3.44. The van der Waals surface area contributed by atoms with E-state index in [1.54, 1.807) is 10.6 Å². The van der Waals surface area contributed by atoms with Crippen molar-refractivity contribution in [1.82, 2.24) is 29.6 Å². The maximum Gasteiger partial charge on any atom is 0.293 e. The molecule has 2 aliphatic carbocycles. The third-order valence-electron chi connectivity index (χ3n) is 5.38. The summed E-state index contributed by atoms with van der Waals surface area (Å²) in [7, 11) is 0. The lowest BCUT2D eigenvalue weighted by molar-refractivity contribution is -0.117. The lowest BCUT2D eigenvalue weighted by Crippen LogP contribution is -2.32. The van der Waals surface area contributed by atoms with Crippen molar-refractivity contribution in [2.45, 2.75) is 63.8 Å². The highest BCUT2D eigenvalue weighted by Gasteiger charge is 2.28. The van der Waals surface area contributed by atoms with Gasteiger partial charge in [-0.1, -0.05) is 13.8 Å². The summed E-state index contributed by atoms with van der Waals surface area (Å²) in [6.07, 6.45) is 4.50. The van der Waals surface area contributed by atoms with Gasteiger partial charge in [-0.05, 0) is 43.9 Å². The van der Waals surface area contributed by atoms with Gasteiger partial charge in [0.25, 0.3) is 5.56 Å². The van der Waals surface area contributed by atoms with E-state index in [-0.39, 0.29) is 23.9 Å². The molecule has 3 aromatic heterocycles. The Morgan fingerprint density at radius 3 is 2.45 bits per heavy atom. The van der Waals surface area contributed by atoms with E-state index < -0.39 is 0 Å². The maximum absolute atomic E-state index is 12.9. The molecule has 0 aliphatic heterocycles. The van der Waals surface area contributed by atoms with Crippen LogP contribution < -0.4 is 10.9 Å². The molecule has 29 heavy (non-hydrogen) atoms. The molecule has 5 rings (SSSR count). The first kappa shape index (κ1) is 18.0. The van der Waals surface area contributed by atoms with Gasteiger partial charge >= 0.3 is 0 Å². The fraction of sp³-hybridized carbons (Fsp3) is 0.500. The van der Waals surface area contributed by atoms with Crippen LogP contribution in [0.25, 0.3) is 5.52 Å². The Kier molecular flexibility index (Phi) is 4.18. The highest BCUT2D eigenvalue weighted by molar-refractivity contribution is 5.89. The number of aromatic nitrogens is 6. The molecular weight excluding hydrogens is 370 g/mol. The summed E-state index contributed by atoms with van der Waals surface area (Å²) >= 11 is 0. The van der Waals surface area contributed by atoms with Gasteiger partial charge in [0, 0.05) is 17.8 Å². The number of hydrogen-bond donors (Lipinski definition) is 1. The molecule has 3 heterocycles. The zero-order chi connectivity index (χ0) is 20.1. The fourth-order valence-corrected chi connectivity index (χ4v) is 3.44. The zero-order valence-corrected chi connectivity index (χ0v) is 16.5. The normalized spacial score (nSPS) is 16.5. The molecule has 0 radical (unpaired) electrons. The van der Waals surface area contributed by atoms with Crippen molar-refractivity contribution in [3.05, 3.63) is 45.8 Å². The number of hydrogen-bond acceptors (Lipinski definition) is 6. The van der Waals surface area contributed by atoms with Crippen LogP contribution in [-0.2, 0) is 11.3 Å². The van der Waals surface area contributed by atoms with Crippen molar-refractivity contribution in [2.24, 2.45) is 0 Å². The van der Waals surface area contributed by atoms with Gasteiger partial charge in [-0.3, -0.25) is 9.59 Å². The molecule has 9 nitrogen and oxygen atoms in total. The van der Waals surface area contributed by atoms with E-state index in [1.807, 2.05) is 26.0 Å². The van der Waals surface area contributed by atoms with Gasteiger partial charge in [0.2, 0.25) is 5.91 Å². The Balaban J connectivity index is 1.40. The molecule has 0 spiro atoms. The summed E-state index contributed by atoms with van der Waals surface area (Å²) in [5.74, 6) is 1.66. The number of nitrogens with one attached hydrogen (secondary N) is 1. The standard InChI is InChI=1S/C20H23N7O2/c1-11(2)19-25-26(20(29)16-9-15(13-5-6-13)24-27(16)19)10-18(28)21-17-8-7-14(22-23-17)12-3-4-12/h7-9,11-13H,3-6,10H2,1-2H3,(H,21,23,28). The van der Waals surface area contributed by atoms with Crippen LogP contribution in [0.4, 0.5) is 5.82 Å². The molecule has 1 N–H and O–H groups in total. The van der Waals surface area contributed by atoms with Crippen molar-refractivity contribution < 1.29 is 4.79 Å². The summed E-state index contributed by atoms with van der Waals surface area (Å²) in [4.78, 5) is 25.4. The maximum atomic E-state index is 12.9. The van der Waals surface area contributed by atoms with Crippen molar-refractivity contribution in [3.63, 3.8) is 0 Å². The number of amides is 1. The highest BCUT2D eigenvalue weighted by Crippen LogP contribution is 2.39. The van der Waals surface area contributed by atoms with Crippen molar-refractivity contribution >= 4 is 17.2 Å². The largest absolute Gasteiger partial charge is 0.308 e. The van der Waals surface area contributed by atoms with E-state index in [0.29, 0.717) is 29.0 Å². The van der Waals surface area contributed by atoms with E-state index in [1.165, 1.54) is 4.68 Å². The van der Waals surface area contributed by atoms with Gasteiger partial charge in [-0.25, -0.2) is 9.20 Å². The average molecular weight is 393 g/mol. The molecule has 2 fully saturated rings. The van der Waals surface area contributed by atoms with Crippen molar-refractivity contribution in [3.8, 4) is 0 Å². The molecule has 0 unspecified atom stereocenters. The quantitative estimate of drug-likeness (QED) is 0.688. The van der Waals surface area contributed by atoms with E-state index >= 15 is 0 Å². The van der Waals surface area contributed by atoms with Crippen molar-refractivity contribution in [2.75, 3.05) is 5.32 Å². The SMILES string of the molecule is CC(C)c1nn(CC(=O)Nc2ccc(C3CC3)nn2)c(=O)c2cc(C3CC3)nn12. The summed E-state index contributed by atoms with van der Waals surface area (Å²) in [5, 5.41) is 19.9. The van der Waals surface area contributed by atoms with E-state index in [9.17, 15) is 9.59 Å². The Morgan fingerprint density at radius 1 is 1.10 bits per heavy atom. The summed E-state index contributed by atoms with van der Waals surface area (Å²) in [6, 6.07) is 5.47. The van der Waals surface area contributed by atoms with Gasteiger partial charge in [0.1, 0.15) is 12.1 Å². The van der Waals surface area contributed by atoms with E-state index in [2.05, 4.69) is 25.7 Å². The Hall–Kier alpha value is -3.10. The molecule has 0 saturated heterocycles. The van der Waals surface area contributed by atoms with Gasteiger partial charge in [0.05, 0.1) is 11.4 Å². The molecule has 3 aromatic rings. The lowest BCUT2D eigenvalue weighted by Gasteiger charge is -2.11. The summed E-state index contributed by atoms with van der Waals surface area (Å²) < 4.78 is 2.85. The second kappa shape index (κ2) is 6.75. The predicted octanol–water partition coefficient (Wildman–Crippen LogP) is 2.20. The molecule has 9 heteroatoms. The predicted molar refractivity (Wildman–Crippen MR) is 106 cm³/mol. The molecule has 2 aliphatic rings. The monoisotopic (exact) mass is 393 g/mol. The van der Waals surface area contributed by atoms with Crippen LogP contribution in [0.15, 0.2) is 23.0 Å². The average Bonchev–Trinajstić information content (AvgIpc) is 3.62. The molecular formula is C20H23N7O2. The van der Waals surface area contributed by atoms with Gasteiger partial charge in [0.15, 0.2) is 11.6 Å². The van der Waals surface area contributed by atoms with Crippen LogP contribution >= 0.6 is 0 Å². The third-order valence-corrected chi connectivity index (χ3v) is 5.38. The minimum Gasteiger partial charge on any atom is -0.308 e. The Morgan fingerprint density at radius 2 is 1.83 bits per heavy atom. The van der Waals surface area contributed by atoms with E-state index in [0.717, 1.165) is 37.1 Å². The Labute approximate surface area is 167 Å². The molecule has 150 valence electrons. The number of carbonyl (C=O) groups is 1. The molecule has 0 aromatic carbocycles. The van der Waals surface area contributed by atoms with Crippen molar-refractivity contribution in [1.29, 1.82) is 0 Å². The van der Waals surface area contributed by atoms with Gasteiger partial charge < -0.3 is 5.32 Å². The number of carbonyl (C=O) groups excluding carboxylic acids is 1. The number of rotatable bonds is 6. The van der Waals surface area contributed by atoms with Crippen LogP contribution in [0.3, 0.4) is 0 Å². The minimum atomic E-state index is -0.367. The third kappa shape index (κ3) is 3.52. The Bertz CT molecular complexity index is 1140. The zero-order valence-electron chi connectivity index (χ0n) is 16.5. The number of nitrogens with zero attached hydrogens (tertiary/aromatic N) is 6. The van der Waals surface area contributed by atoms with Gasteiger partial charge in [-0.15, -0.1) is 5.10 Å². The smallest absolute Gasteiger partial charge is 0.293 e. The second-order valence-corrected chi connectivity index (χ2v) is 8.28. The topological polar surface area (TPSA) is 107 Å². The number of anilines is 1. The van der Waals surface area contributed by atoms with Crippen LogP contribution in [0, 0.1) is 0 Å². The lowest BCUT2D eigenvalue weighted by atomic mass is 10.2.